The summed E-state index contributed by atoms with van der Waals surface area (Å²) in [7, 11) is 0.726. The van der Waals surface area contributed by atoms with Gasteiger partial charge in [-0.3, -0.25) is 4.98 Å². The third-order valence-electron chi connectivity index (χ3n) is 3.27. The van der Waals surface area contributed by atoms with E-state index < -0.39 is 10.0 Å². The average Bonchev–Trinajstić information content (AvgIpc) is 2.38. The first kappa shape index (κ1) is 15.0. The number of nitrogens with zero attached hydrogens (tertiary/aromatic N) is 4. The number of aromatic nitrogens is 2. The molecule has 0 unspecified atom stereocenters. The van der Waals surface area contributed by atoms with E-state index in [0.29, 0.717) is 0 Å². The van der Waals surface area contributed by atoms with Gasteiger partial charge in [0.1, 0.15) is 11.6 Å². The first-order valence-electron chi connectivity index (χ1n) is 6.57. The van der Waals surface area contributed by atoms with Crippen LogP contribution in [0.2, 0.25) is 0 Å². The van der Waals surface area contributed by atoms with Crippen molar-refractivity contribution < 1.29 is 8.42 Å². The van der Waals surface area contributed by atoms with Gasteiger partial charge in [0.2, 0.25) is 10.0 Å². The molecule has 2 rings (SSSR count). The van der Waals surface area contributed by atoms with Gasteiger partial charge in [0.25, 0.3) is 0 Å². The van der Waals surface area contributed by atoms with E-state index in [-0.39, 0.29) is 6.04 Å². The van der Waals surface area contributed by atoms with E-state index in [2.05, 4.69) is 19.6 Å². The Labute approximate surface area is 120 Å². The molecule has 2 heterocycles. The Hall–Kier alpha value is -1.41. The lowest BCUT2D eigenvalue weighted by atomic mass is 10.1. The molecular formula is C12H21N5O2S. The lowest BCUT2D eigenvalue weighted by Crippen LogP contribution is -2.44. The van der Waals surface area contributed by atoms with Crippen molar-refractivity contribution in [2.45, 2.75) is 18.9 Å². The number of hydrogen-bond acceptors (Lipinski definition) is 6. The minimum absolute atomic E-state index is 0.0197. The fourth-order valence-electron chi connectivity index (χ4n) is 2.24. The molecule has 7 nitrogen and oxygen atoms in total. The molecule has 1 aliphatic rings. The van der Waals surface area contributed by atoms with Gasteiger partial charge in [-0.15, -0.1) is 0 Å². The van der Waals surface area contributed by atoms with Crippen LogP contribution in [0.4, 0.5) is 11.6 Å². The van der Waals surface area contributed by atoms with E-state index >= 15 is 0 Å². The number of sulfonamides is 1. The van der Waals surface area contributed by atoms with Gasteiger partial charge in [-0.2, -0.15) is 0 Å². The zero-order valence-electron chi connectivity index (χ0n) is 12.1. The highest BCUT2D eigenvalue weighted by atomic mass is 32.2. The molecule has 0 bridgehead atoms. The molecule has 0 spiro atoms. The summed E-state index contributed by atoms with van der Waals surface area (Å²) in [6, 6.07) is 0.0197. The molecule has 20 heavy (non-hydrogen) atoms. The van der Waals surface area contributed by atoms with Gasteiger partial charge in [-0.05, 0) is 12.8 Å². The van der Waals surface area contributed by atoms with Gasteiger partial charge < -0.3 is 9.80 Å². The Morgan fingerprint density at radius 1 is 1.30 bits per heavy atom. The smallest absolute Gasteiger partial charge is 0.208 e. The molecule has 0 aromatic carbocycles. The predicted molar refractivity (Wildman–Crippen MR) is 79.6 cm³/mol. The highest BCUT2D eigenvalue weighted by molar-refractivity contribution is 7.88. The van der Waals surface area contributed by atoms with Gasteiger partial charge >= 0.3 is 0 Å². The van der Waals surface area contributed by atoms with Crippen LogP contribution in [0.5, 0.6) is 0 Å². The SMILES string of the molecule is CN(C)c1cncc(N2CCC(NS(C)(=O)=O)CC2)n1. The summed E-state index contributed by atoms with van der Waals surface area (Å²) in [5.74, 6) is 1.66. The third kappa shape index (κ3) is 4.04. The van der Waals surface area contributed by atoms with Crippen LogP contribution in [0.15, 0.2) is 12.4 Å². The van der Waals surface area contributed by atoms with E-state index in [4.69, 9.17) is 0 Å². The Morgan fingerprint density at radius 3 is 2.50 bits per heavy atom. The van der Waals surface area contributed by atoms with E-state index in [0.717, 1.165) is 37.6 Å². The molecule has 0 aliphatic carbocycles. The van der Waals surface area contributed by atoms with E-state index in [1.54, 1.807) is 12.4 Å². The standard InChI is InChI=1S/C12H21N5O2S/c1-16(2)11-8-13-9-12(14-11)17-6-4-10(5-7-17)15-20(3,18)19/h8-10,15H,4-7H2,1-3H3. The van der Waals surface area contributed by atoms with Crippen LogP contribution in [0, 0.1) is 0 Å². The number of piperidine rings is 1. The summed E-state index contributed by atoms with van der Waals surface area (Å²) in [5.41, 5.74) is 0. The molecule has 1 aromatic heterocycles. The minimum Gasteiger partial charge on any atom is -0.361 e. The van der Waals surface area contributed by atoms with Crippen molar-refractivity contribution in [3.05, 3.63) is 12.4 Å². The molecule has 0 amide bonds. The maximum Gasteiger partial charge on any atom is 0.208 e. The van der Waals surface area contributed by atoms with Crippen molar-refractivity contribution in [2.24, 2.45) is 0 Å². The second-order valence-electron chi connectivity index (χ2n) is 5.28. The fraction of sp³-hybridized carbons (Fsp3) is 0.667. The van der Waals surface area contributed by atoms with E-state index in [9.17, 15) is 8.42 Å². The summed E-state index contributed by atoms with van der Waals surface area (Å²) in [5, 5.41) is 0. The van der Waals surface area contributed by atoms with Gasteiger partial charge in [0.15, 0.2) is 0 Å². The summed E-state index contributed by atoms with van der Waals surface area (Å²) in [6.07, 6.45) is 6.23. The number of anilines is 2. The van der Waals surface area contributed by atoms with E-state index in [1.165, 1.54) is 6.26 Å². The lowest BCUT2D eigenvalue weighted by Gasteiger charge is -2.32. The van der Waals surface area contributed by atoms with Gasteiger partial charge in [0, 0.05) is 33.2 Å². The predicted octanol–water partition coefficient (Wildman–Crippen LogP) is 0.0606. The fourth-order valence-corrected chi connectivity index (χ4v) is 3.08. The van der Waals surface area contributed by atoms with Crippen molar-refractivity contribution in [3.63, 3.8) is 0 Å². The summed E-state index contributed by atoms with van der Waals surface area (Å²) in [6.45, 7) is 1.55. The molecular weight excluding hydrogens is 278 g/mol. The summed E-state index contributed by atoms with van der Waals surface area (Å²) < 4.78 is 25.1. The zero-order valence-corrected chi connectivity index (χ0v) is 12.9. The van der Waals surface area contributed by atoms with Crippen LogP contribution in [-0.2, 0) is 10.0 Å². The average molecular weight is 299 g/mol. The molecule has 1 fully saturated rings. The molecule has 8 heteroatoms. The Balaban J connectivity index is 1.98. The van der Waals surface area contributed by atoms with Crippen molar-refractivity contribution in [2.75, 3.05) is 43.2 Å². The second kappa shape index (κ2) is 5.92. The maximum atomic E-state index is 11.2. The molecule has 1 N–H and O–H groups in total. The van der Waals surface area contributed by atoms with Crippen LogP contribution in [0.25, 0.3) is 0 Å². The molecule has 0 saturated carbocycles. The lowest BCUT2D eigenvalue weighted by molar-refractivity contribution is 0.460. The number of nitrogens with one attached hydrogen (secondary N) is 1. The van der Waals surface area contributed by atoms with Gasteiger partial charge in [0.05, 0.1) is 18.6 Å². The molecule has 1 aromatic rings. The first-order chi connectivity index (χ1) is 9.35. The monoisotopic (exact) mass is 299 g/mol. The van der Waals surface area contributed by atoms with Crippen molar-refractivity contribution in [3.8, 4) is 0 Å². The maximum absolute atomic E-state index is 11.2. The highest BCUT2D eigenvalue weighted by Gasteiger charge is 2.22. The molecule has 1 aliphatic heterocycles. The minimum atomic E-state index is -3.13. The Morgan fingerprint density at radius 2 is 1.95 bits per heavy atom. The molecule has 0 atom stereocenters. The second-order valence-corrected chi connectivity index (χ2v) is 7.06. The Bertz CT molecular complexity index is 553. The van der Waals surface area contributed by atoms with Crippen LogP contribution in [-0.4, -0.2) is 57.9 Å². The van der Waals surface area contributed by atoms with Gasteiger partial charge in [-0.25, -0.2) is 18.1 Å². The van der Waals surface area contributed by atoms with Gasteiger partial charge in [-0.1, -0.05) is 0 Å². The largest absolute Gasteiger partial charge is 0.361 e. The number of hydrogen-bond donors (Lipinski definition) is 1. The van der Waals surface area contributed by atoms with Crippen LogP contribution >= 0.6 is 0 Å². The normalized spacial score (nSPS) is 17.2. The van der Waals surface area contributed by atoms with Crippen LogP contribution in [0.3, 0.4) is 0 Å². The topological polar surface area (TPSA) is 78.4 Å². The summed E-state index contributed by atoms with van der Waals surface area (Å²) in [4.78, 5) is 12.8. The molecule has 1 saturated heterocycles. The molecule has 112 valence electrons. The first-order valence-corrected chi connectivity index (χ1v) is 8.46. The van der Waals surface area contributed by atoms with Crippen molar-refractivity contribution >= 4 is 21.7 Å². The highest BCUT2D eigenvalue weighted by Crippen LogP contribution is 2.19. The molecule has 0 radical (unpaired) electrons. The van der Waals surface area contributed by atoms with Crippen LogP contribution < -0.4 is 14.5 Å². The third-order valence-corrected chi connectivity index (χ3v) is 4.03. The Kier molecular flexibility index (Phi) is 4.44. The quantitative estimate of drug-likeness (QED) is 0.847. The zero-order chi connectivity index (χ0) is 14.8. The van der Waals surface area contributed by atoms with Crippen molar-refractivity contribution in [1.82, 2.24) is 14.7 Å². The van der Waals surface area contributed by atoms with E-state index in [1.807, 2.05) is 19.0 Å². The summed E-state index contributed by atoms with van der Waals surface area (Å²) >= 11 is 0. The number of rotatable bonds is 4. The van der Waals surface area contributed by atoms with Crippen molar-refractivity contribution in [1.29, 1.82) is 0 Å². The van der Waals surface area contributed by atoms with Crippen LogP contribution in [0.1, 0.15) is 12.8 Å².